The van der Waals surface area contributed by atoms with Crippen molar-refractivity contribution in [2.75, 3.05) is 5.32 Å². The molecule has 0 aliphatic heterocycles. The number of benzene rings is 1. The van der Waals surface area contributed by atoms with Gasteiger partial charge in [-0.15, -0.1) is 0 Å². The number of aliphatic hydroxyl groups is 1. The monoisotopic (exact) mass is 297 g/mol. The summed E-state index contributed by atoms with van der Waals surface area (Å²) in [4.78, 5) is 12.1. The lowest BCUT2D eigenvalue weighted by atomic mass is 10.1. The van der Waals surface area contributed by atoms with E-state index in [1.807, 2.05) is 13.8 Å². The zero-order valence-electron chi connectivity index (χ0n) is 11.7. The number of hydrogen-bond donors (Lipinski definition) is 2. The average molecular weight is 298 g/mol. The number of aliphatic hydroxyl groups excluding tert-OH is 1. The highest BCUT2D eigenvalue weighted by molar-refractivity contribution is 6.32. The third-order valence-corrected chi connectivity index (χ3v) is 3.67. The first-order valence-corrected chi connectivity index (χ1v) is 7.30. The molecule has 2 atom stereocenters. The molecule has 0 radical (unpaired) electrons. The second kappa shape index (κ2) is 6.46. The predicted molar refractivity (Wildman–Crippen MR) is 79.2 cm³/mol. The molecule has 2 rings (SSSR count). The van der Waals surface area contributed by atoms with Crippen molar-refractivity contribution < 1.29 is 14.6 Å². The van der Waals surface area contributed by atoms with Gasteiger partial charge in [-0.05, 0) is 51.3 Å². The van der Waals surface area contributed by atoms with Gasteiger partial charge < -0.3 is 15.2 Å². The number of carbonyl (C=O) groups excluding carboxylic acids is 1. The molecular weight excluding hydrogens is 278 g/mol. The molecule has 1 aliphatic carbocycles. The zero-order valence-corrected chi connectivity index (χ0v) is 12.5. The van der Waals surface area contributed by atoms with E-state index in [0.717, 1.165) is 12.8 Å². The summed E-state index contributed by atoms with van der Waals surface area (Å²) in [5.74, 6) is 0.129. The molecule has 0 heterocycles. The number of ether oxygens (including phenoxy) is 1. The standard InChI is InChI=1S/C15H20ClNO3/c1-9(2)20-14-7-6-10(8-12(14)16)17-15(19)11-4-3-5-13(11)18/h6-9,11,13,18H,3-5H2,1-2H3,(H,17,19). The minimum Gasteiger partial charge on any atom is -0.489 e. The van der Waals surface area contributed by atoms with E-state index < -0.39 is 6.10 Å². The summed E-state index contributed by atoms with van der Waals surface area (Å²) < 4.78 is 5.54. The lowest BCUT2D eigenvalue weighted by molar-refractivity contribution is -0.122. The van der Waals surface area contributed by atoms with Crippen molar-refractivity contribution in [2.45, 2.75) is 45.3 Å². The maximum atomic E-state index is 12.1. The Bertz CT molecular complexity index is 490. The molecule has 0 saturated heterocycles. The number of hydrogen-bond acceptors (Lipinski definition) is 3. The molecule has 0 bridgehead atoms. The van der Waals surface area contributed by atoms with E-state index in [-0.39, 0.29) is 17.9 Å². The van der Waals surface area contributed by atoms with Crippen LogP contribution in [0.4, 0.5) is 5.69 Å². The van der Waals surface area contributed by atoms with Crippen molar-refractivity contribution in [1.29, 1.82) is 0 Å². The van der Waals surface area contributed by atoms with E-state index >= 15 is 0 Å². The van der Waals surface area contributed by atoms with Gasteiger partial charge in [0.05, 0.1) is 23.1 Å². The van der Waals surface area contributed by atoms with Crippen LogP contribution in [-0.2, 0) is 4.79 Å². The van der Waals surface area contributed by atoms with Gasteiger partial charge in [0.15, 0.2) is 0 Å². The first kappa shape index (κ1) is 15.1. The number of carbonyl (C=O) groups is 1. The second-order valence-electron chi connectivity index (χ2n) is 5.41. The SMILES string of the molecule is CC(C)Oc1ccc(NC(=O)C2CCCC2O)cc1Cl. The van der Waals surface area contributed by atoms with Gasteiger partial charge in [0.2, 0.25) is 5.91 Å². The second-order valence-corrected chi connectivity index (χ2v) is 5.81. The highest BCUT2D eigenvalue weighted by atomic mass is 35.5. The molecule has 1 fully saturated rings. The fraction of sp³-hybridized carbons (Fsp3) is 0.533. The van der Waals surface area contributed by atoms with Crippen LogP contribution in [-0.4, -0.2) is 23.2 Å². The Morgan fingerprint density at radius 1 is 1.45 bits per heavy atom. The van der Waals surface area contributed by atoms with E-state index in [9.17, 15) is 9.90 Å². The third kappa shape index (κ3) is 3.64. The van der Waals surface area contributed by atoms with Crippen molar-refractivity contribution in [3.63, 3.8) is 0 Å². The van der Waals surface area contributed by atoms with Gasteiger partial charge in [0.1, 0.15) is 5.75 Å². The molecule has 2 N–H and O–H groups in total. The fourth-order valence-electron chi connectivity index (χ4n) is 2.41. The average Bonchev–Trinajstić information content (AvgIpc) is 2.78. The van der Waals surface area contributed by atoms with Gasteiger partial charge in [-0.2, -0.15) is 0 Å². The molecule has 1 aliphatic rings. The molecule has 0 spiro atoms. The molecule has 1 saturated carbocycles. The lowest BCUT2D eigenvalue weighted by Crippen LogP contribution is -2.28. The summed E-state index contributed by atoms with van der Waals surface area (Å²) in [6, 6.07) is 5.16. The topological polar surface area (TPSA) is 58.6 Å². The van der Waals surface area contributed by atoms with Crippen LogP contribution in [0.1, 0.15) is 33.1 Å². The van der Waals surface area contributed by atoms with Gasteiger partial charge in [-0.3, -0.25) is 4.79 Å². The van der Waals surface area contributed by atoms with E-state index in [0.29, 0.717) is 22.9 Å². The summed E-state index contributed by atoms with van der Waals surface area (Å²) in [6.07, 6.45) is 1.83. The predicted octanol–water partition coefficient (Wildman–Crippen LogP) is 3.23. The molecule has 20 heavy (non-hydrogen) atoms. The van der Waals surface area contributed by atoms with Crippen LogP contribution in [0, 0.1) is 5.92 Å². The van der Waals surface area contributed by atoms with Crippen LogP contribution in [0.15, 0.2) is 18.2 Å². The molecule has 1 aromatic carbocycles. The van der Waals surface area contributed by atoms with Crippen molar-refractivity contribution >= 4 is 23.2 Å². The molecule has 2 unspecified atom stereocenters. The molecule has 1 aromatic rings. The van der Waals surface area contributed by atoms with Crippen molar-refractivity contribution in [3.8, 4) is 5.75 Å². The van der Waals surface area contributed by atoms with Crippen LogP contribution >= 0.6 is 11.6 Å². The van der Waals surface area contributed by atoms with Gasteiger partial charge in [0.25, 0.3) is 0 Å². The van der Waals surface area contributed by atoms with Gasteiger partial charge in [-0.25, -0.2) is 0 Å². The maximum Gasteiger partial charge on any atom is 0.230 e. The molecule has 1 amide bonds. The molecule has 110 valence electrons. The Morgan fingerprint density at radius 3 is 2.75 bits per heavy atom. The molecule has 0 aromatic heterocycles. The summed E-state index contributed by atoms with van der Waals surface area (Å²) >= 11 is 6.12. The van der Waals surface area contributed by atoms with Gasteiger partial charge in [0, 0.05) is 5.69 Å². The largest absolute Gasteiger partial charge is 0.489 e. The summed E-state index contributed by atoms with van der Waals surface area (Å²) in [5, 5.41) is 13.0. The van der Waals surface area contributed by atoms with E-state index in [1.54, 1.807) is 18.2 Å². The highest BCUT2D eigenvalue weighted by Crippen LogP contribution is 2.30. The summed E-state index contributed by atoms with van der Waals surface area (Å²) in [5.41, 5.74) is 0.621. The molecular formula is C15H20ClNO3. The third-order valence-electron chi connectivity index (χ3n) is 3.38. The quantitative estimate of drug-likeness (QED) is 0.897. The zero-order chi connectivity index (χ0) is 14.7. The van der Waals surface area contributed by atoms with E-state index in [4.69, 9.17) is 16.3 Å². The number of halogens is 1. The molecule has 5 heteroatoms. The van der Waals surface area contributed by atoms with E-state index in [1.165, 1.54) is 0 Å². The van der Waals surface area contributed by atoms with Crippen LogP contribution in [0.5, 0.6) is 5.75 Å². The smallest absolute Gasteiger partial charge is 0.230 e. The number of amides is 1. The summed E-state index contributed by atoms with van der Waals surface area (Å²) in [6.45, 7) is 3.85. The number of nitrogens with one attached hydrogen (secondary N) is 1. The van der Waals surface area contributed by atoms with Crippen molar-refractivity contribution in [1.82, 2.24) is 0 Å². The van der Waals surface area contributed by atoms with Crippen LogP contribution in [0.2, 0.25) is 5.02 Å². The first-order chi connectivity index (χ1) is 9.47. The number of rotatable bonds is 4. The maximum absolute atomic E-state index is 12.1. The highest BCUT2D eigenvalue weighted by Gasteiger charge is 2.31. The summed E-state index contributed by atoms with van der Waals surface area (Å²) in [7, 11) is 0. The number of anilines is 1. The molecule has 4 nitrogen and oxygen atoms in total. The Morgan fingerprint density at radius 2 is 2.20 bits per heavy atom. The van der Waals surface area contributed by atoms with Crippen molar-refractivity contribution in [2.24, 2.45) is 5.92 Å². The normalized spacial score (nSPS) is 22.1. The Balaban J connectivity index is 2.03. The van der Waals surface area contributed by atoms with Crippen LogP contribution < -0.4 is 10.1 Å². The van der Waals surface area contributed by atoms with Gasteiger partial charge >= 0.3 is 0 Å². The Kier molecular flexibility index (Phi) is 4.89. The van der Waals surface area contributed by atoms with Crippen molar-refractivity contribution in [3.05, 3.63) is 23.2 Å². The minimum absolute atomic E-state index is 0.0431. The first-order valence-electron chi connectivity index (χ1n) is 6.92. The van der Waals surface area contributed by atoms with Crippen LogP contribution in [0.25, 0.3) is 0 Å². The Hall–Kier alpha value is -1.26. The lowest BCUT2D eigenvalue weighted by Gasteiger charge is -2.16. The Labute approximate surface area is 124 Å². The minimum atomic E-state index is -0.533. The van der Waals surface area contributed by atoms with Crippen LogP contribution in [0.3, 0.4) is 0 Å². The fourth-order valence-corrected chi connectivity index (χ4v) is 2.63. The van der Waals surface area contributed by atoms with Gasteiger partial charge in [-0.1, -0.05) is 11.6 Å². The van der Waals surface area contributed by atoms with E-state index in [2.05, 4.69) is 5.32 Å².